The van der Waals surface area contributed by atoms with Crippen LogP contribution in [0.1, 0.15) is 25.3 Å². The molecule has 0 heterocycles. The Hall–Kier alpha value is -1.38. The summed E-state index contributed by atoms with van der Waals surface area (Å²) in [5, 5.41) is 0. The number of nitrogens with two attached hydrogens (primary N) is 1. The van der Waals surface area contributed by atoms with Crippen molar-refractivity contribution >= 4 is 5.69 Å². The minimum absolute atomic E-state index is 0.384. The largest absolute Gasteiger partial charge is 0.493 e. The summed E-state index contributed by atoms with van der Waals surface area (Å²) in [6.45, 7) is 4.19. The summed E-state index contributed by atoms with van der Waals surface area (Å²) >= 11 is 0. The van der Waals surface area contributed by atoms with Crippen LogP contribution in [0.2, 0.25) is 0 Å². The van der Waals surface area contributed by atoms with Crippen molar-refractivity contribution in [2.75, 3.05) is 20.0 Å². The number of hydrogen-bond acceptors (Lipinski definition) is 3. The van der Waals surface area contributed by atoms with Gasteiger partial charge in [-0.15, -0.1) is 0 Å². The van der Waals surface area contributed by atoms with Gasteiger partial charge in [-0.25, -0.2) is 0 Å². The number of benzene rings is 1. The summed E-state index contributed by atoms with van der Waals surface area (Å²) in [6, 6.07) is 3.73. The molecule has 14 heavy (non-hydrogen) atoms. The third-order valence-corrected chi connectivity index (χ3v) is 2.21. The molecule has 0 bridgehead atoms. The highest BCUT2D eigenvalue weighted by Gasteiger charge is 2.10. The zero-order valence-electron chi connectivity index (χ0n) is 9.13. The zero-order chi connectivity index (χ0) is 10.7. The van der Waals surface area contributed by atoms with Gasteiger partial charge in [-0.3, -0.25) is 0 Å². The Bertz CT molecular complexity index is 321. The van der Waals surface area contributed by atoms with Gasteiger partial charge >= 0.3 is 0 Å². The third-order valence-electron chi connectivity index (χ3n) is 2.21. The third kappa shape index (κ3) is 1.92. The number of anilines is 1. The van der Waals surface area contributed by atoms with Gasteiger partial charge in [0.1, 0.15) is 0 Å². The van der Waals surface area contributed by atoms with Crippen molar-refractivity contribution in [2.24, 2.45) is 0 Å². The van der Waals surface area contributed by atoms with Crippen LogP contribution in [0, 0.1) is 0 Å². The highest BCUT2D eigenvalue weighted by Crippen LogP contribution is 2.34. The predicted molar refractivity (Wildman–Crippen MR) is 58.0 cm³/mol. The normalized spacial score (nSPS) is 10.4. The van der Waals surface area contributed by atoms with Crippen molar-refractivity contribution in [1.29, 1.82) is 0 Å². The van der Waals surface area contributed by atoms with E-state index in [-0.39, 0.29) is 0 Å². The molecule has 0 radical (unpaired) electrons. The van der Waals surface area contributed by atoms with Crippen LogP contribution >= 0.6 is 0 Å². The fraction of sp³-hybridized carbons (Fsp3) is 0.455. The van der Waals surface area contributed by atoms with Crippen LogP contribution in [0.4, 0.5) is 5.69 Å². The average Bonchev–Trinajstić information content (AvgIpc) is 2.16. The summed E-state index contributed by atoms with van der Waals surface area (Å²) in [5.41, 5.74) is 7.72. The smallest absolute Gasteiger partial charge is 0.162 e. The summed E-state index contributed by atoms with van der Waals surface area (Å²) in [4.78, 5) is 0. The highest BCUT2D eigenvalue weighted by molar-refractivity contribution is 5.58. The van der Waals surface area contributed by atoms with Crippen molar-refractivity contribution in [1.82, 2.24) is 0 Å². The predicted octanol–water partition coefficient (Wildman–Crippen LogP) is 2.41. The number of nitrogen functional groups attached to an aromatic ring is 1. The first-order valence-corrected chi connectivity index (χ1v) is 4.61. The molecule has 0 aliphatic heterocycles. The Labute approximate surface area is 84.8 Å². The van der Waals surface area contributed by atoms with Crippen molar-refractivity contribution < 1.29 is 9.47 Å². The molecule has 1 rings (SSSR count). The molecule has 0 fully saturated rings. The topological polar surface area (TPSA) is 44.5 Å². The molecule has 3 nitrogen and oxygen atoms in total. The lowest BCUT2D eigenvalue weighted by Gasteiger charge is -2.14. The second kappa shape index (κ2) is 4.22. The minimum Gasteiger partial charge on any atom is -0.493 e. The van der Waals surface area contributed by atoms with Gasteiger partial charge in [-0.2, -0.15) is 0 Å². The van der Waals surface area contributed by atoms with Gasteiger partial charge in [0.2, 0.25) is 0 Å². The van der Waals surface area contributed by atoms with Gasteiger partial charge in [-0.05, 0) is 17.5 Å². The summed E-state index contributed by atoms with van der Waals surface area (Å²) < 4.78 is 10.3. The molecule has 0 unspecified atom stereocenters. The van der Waals surface area contributed by atoms with Crippen LogP contribution in [-0.4, -0.2) is 14.2 Å². The number of hydrogen-bond donors (Lipinski definition) is 1. The number of ether oxygens (including phenoxy) is 2. The van der Waals surface area contributed by atoms with Gasteiger partial charge in [0.25, 0.3) is 0 Å². The molecule has 0 saturated heterocycles. The fourth-order valence-corrected chi connectivity index (χ4v) is 1.41. The minimum atomic E-state index is 0.384. The zero-order valence-corrected chi connectivity index (χ0v) is 9.13. The van der Waals surface area contributed by atoms with Crippen LogP contribution in [0.25, 0.3) is 0 Å². The first kappa shape index (κ1) is 10.7. The molecule has 1 aromatic rings. The molecule has 0 spiro atoms. The van der Waals surface area contributed by atoms with E-state index in [0.29, 0.717) is 11.7 Å². The van der Waals surface area contributed by atoms with Crippen molar-refractivity contribution in [2.45, 2.75) is 19.8 Å². The highest BCUT2D eigenvalue weighted by atomic mass is 16.5. The van der Waals surface area contributed by atoms with Gasteiger partial charge in [-0.1, -0.05) is 13.8 Å². The van der Waals surface area contributed by atoms with Gasteiger partial charge in [0.15, 0.2) is 11.5 Å². The SMILES string of the molecule is COc1cc(N)c(C(C)C)cc1OC. The molecule has 0 saturated carbocycles. The molecule has 1 aromatic carbocycles. The van der Waals surface area contributed by atoms with E-state index in [4.69, 9.17) is 15.2 Å². The fourth-order valence-electron chi connectivity index (χ4n) is 1.41. The second-order valence-electron chi connectivity index (χ2n) is 3.49. The number of rotatable bonds is 3. The van der Waals surface area contributed by atoms with Gasteiger partial charge in [0.05, 0.1) is 14.2 Å². The molecule has 3 heteroatoms. The van der Waals surface area contributed by atoms with Crippen LogP contribution in [0.5, 0.6) is 11.5 Å². The Morgan fingerprint density at radius 2 is 1.57 bits per heavy atom. The first-order valence-electron chi connectivity index (χ1n) is 4.61. The standard InChI is InChI=1S/C11H17NO2/c1-7(2)8-5-10(13-3)11(14-4)6-9(8)12/h5-7H,12H2,1-4H3. The maximum absolute atomic E-state index is 5.89. The Balaban J connectivity index is 3.23. The molecular weight excluding hydrogens is 178 g/mol. The van der Waals surface area contributed by atoms with E-state index in [1.807, 2.05) is 6.07 Å². The average molecular weight is 195 g/mol. The second-order valence-corrected chi connectivity index (χ2v) is 3.49. The molecule has 0 aliphatic carbocycles. The maximum atomic E-state index is 5.89. The summed E-state index contributed by atoms with van der Waals surface area (Å²) in [6.07, 6.45) is 0. The van der Waals surface area contributed by atoms with Crippen LogP contribution in [0.3, 0.4) is 0 Å². The van der Waals surface area contributed by atoms with E-state index in [0.717, 1.165) is 17.0 Å². The van der Waals surface area contributed by atoms with Crippen molar-refractivity contribution in [3.05, 3.63) is 17.7 Å². The lowest BCUT2D eigenvalue weighted by Crippen LogP contribution is -1.99. The van der Waals surface area contributed by atoms with E-state index in [1.165, 1.54) is 0 Å². The van der Waals surface area contributed by atoms with E-state index < -0.39 is 0 Å². The first-order chi connectivity index (χ1) is 6.60. The van der Waals surface area contributed by atoms with Crippen molar-refractivity contribution in [3.63, 3.8) is 0 Å². The lowest BCUT2D eigenvalue weighted by molar-refractivity contribution is 0.354. The monoisotopic (exact) mass is 195 g/mol. The van der Waals surface area contributed by atoms with E-state index in [2.05, 4.69) is 13.8 Å². The maximum Gasteiger partial charge on any atom is 0.162 e. The van der Waals surface area contributed by atoms with Crippen LogP contribution < -0.4 is 15.2 Å². The number of methoxy groups -OCH3 is 2. The van der Waals surface area contributed by atoms with Gasteiger partial charge in [0, 0.05) is 11.8 Å². The van der Waals surface area contributed by atoms with E-state index in [9.17, 15) is 0 Å². The molecule has 2 N–H and O–H groups in total. The lowest BCUT2D eigenvalue weighted by atomic mass is 10.0. The quantitative estimate of drug-likeness (QED) is 0.753. The Morgan fingerprint density at radius 3 is 2.00 bits per heavy atom. The van der Waals surface area contributed by atoms with E-state index >= 15 is 0 Å². The summed E-state index contributed by atoms with van der Waals surface area (Å²) in [7, 11) is 3.23. The van der Waals surface area contributed by atoms with Gasteiger partial charge < -0.3 is 15.2 Å². The molecule has 0 aromatic heterocycles. The Morgan fingerprint density at radius 1 is 1.07 bits per heavy atom. The van der Waals surface area contributed by atoms with Crippen LogP contribution in [0.15, 0.2) is 12.1 Å². The van der Waals surface area contributed by atoms with Crippen LogP contribution in [-0.2, 0) is 0 Å². The molecule has 0 amide bonds. The Kier molecular flexibility index (Phi) is 3.23. The van der Waals surface area contributed by atoms with E-state index in [1.54, 1.807) is 20.3 Å². The molecule has 0 atom stereocenters. The van der Waals surface area contributed by atoms with Crippen molar-refractivity contribution in [3.8, 4) is 11.5 Å². The summed E-state index contributed by atoms with van der Waals surface area (Å²) in [5.74, 6) is 1.79. The molecule has 78 valence electrons. The molecule has 0 aliphatic rings. The molecular formula is C11H17NO2.